The molecule has 0 saturated carbocycles. The molecule has 0 radical (unpaired) electrons. The summed E-state index contributed by atoms with van der Waals surface area (Å²) >= 11 is 8.42. The number of halogens is 2. The summed E-state index contributed by atoms with van der Waals surface area (Å²) in [6.07, 6.45) is 1.63. The van der Waals surface area contributed by atoms with Gasteiger partial charge in [-0.25, -0.2) is 5.43 Å². The summed E-state index contributed by atoms with van der Waals surface area (Å²) in [7, 11) is 0. The molecule has 0 unspecified atom stereocenters. The summed E-state index contributed by atoms with van der Waals surface area (Å²) in [5.41, 5.74) is 4.65. The van der Waals surface area contributed by atoms with Crippen molar-refractivity contribution in [2.45, 2.75) is 5.75 Å². The molecule has 114 valence electrons. The molecule has 0 aromatic heterocycles. The lowest BCUT2D eigenvalue weighted by molar-refractivity contribution is -0.118. The molecule has 0 heterocycles. The lowest BCUT2D eigenvalue weighted by atomic mass is 10.2. The second kappa shape index (κ2) is 9.12. The zero-order valence-corrected chi connectivity index (χ0v) is 15.6. The molecular weight excluding hydrogens is 428 g/mol. The number of amides is 1. The highest BCUT2D eigenvalue weighted by atomic mass is 79.9. The number of nitrogens with one attached hydrogen (secondary N) is 1. The summed E-state index contributed by atoms with van der Waals surface area (Å²) in [6.45, 7) is 0. The van der Waals surface area contributed by atoms with E-state index < -0.39 is 0 Å². The van der Waals surface area contributed by atoms with Crippen molar-refractivity contribution in [3.05, 3.63) is 68.6 Å². The Morgan fingerprint density at radius 1 is 1.14 bits per heavy atom. The average molecular weight is 442 g/mol. The highest BCUT2D eigenvalue weighted by Gasteiger charge is 2.02. The van der Waals surface area contributed by atoms with Crippen molar-refractivity contribution >= 4 is 55.7 Å². The zero-order chi connectivity index (χ0) is 15.8. The van der Waals surface area contributed by atoms with Gasteiger partial charge < -0.3 is 0 Å². The molecule has 0 aliphatic carbocycles. The molecular formula is C16H14Br2N2OS. The third-order valence-electron chi connectivity index (χ3n) is 2.72. The molecule has 0 aliphatic rings. The first-order valence-corrected chi connectivity index (χ1v) is 9.28. The van der Waals surface area contributed by atoms with Crippen molar-refractivity contribution in [1.82, 2.24) is 5.43 Å². The van der Waals surface area contributed by atoms with Gasteiger partial charge in [0.1, 0.15) is 0 Å². The summed E-state index contributed by atoms with van der Waals surface area (Å²) in [4.78, 5) is 11.7. The fraction of sp³-hybridized carbons (Fsp3) is 0.125. The van der Waals surface area contributed by atoms with Crippen LogP contribution in [0.25, 0.3) is 0 Å². The van der Waals surface area contributed by atoms with E-state index in [0.717, 1.165) is 20.3 Å². The molecule has 2 aromatic carbocycles. The molecule has 2 rings (SSSR count). The fourth-order valence-electron chi connectivity index (χ4n) is 1.63. The minimum absolute atomic E-state index is 0.106. The number of hydrogen-bond donors (Lipinski definition) is 1. The van der Waals surface area contributed by atoms with Gasteiger partial charge in [0, 0.05) is 14.7 Å². The topological polar surface area (TPSA) is 41.5 Å². The van der Waals surface area contributed by atoms with Crippen molar-refractivity contribution in [2.24, 2.45) is 5.10 Å². The van der Waals surface area contributed by atoms with Crippen LogP contribution < -0.4 is 5.43 Å². The van der Waals surface area contributed by atoms with E-state index in [1.165, 1.54) is 5.56 Å². The first-order valence-electron chi connectivity index (χ1n) is 6.54. The molecule has 3 nitrogen and oxygen atoms in total. The number of thioether (sulfide) groups is 1. The van der Waals surface area contributed by atoms with Crippen LogP contribution in [0.15, 0.2) is 62.6 Å². The van der Waals surface area contributed by atoms with Crippen molar-refractivity contribution in [3.8, 4) is 0 Å². The molecule has 0 bridgehead atoms. The van der Waals surface area contributed by atoms with Crippen LogP contribution in [0.2, 0.25) is 0 Å². The van der Waals surface area contributed by atoms with Crippen molar-refractivity contribution in [3.63, 3.8) is 0 Å². The molecule has 22 heavy (non-hydrogen) atoms. The zero-order valence-electron chi connectivity index (χ0n) is 11.6. The smallest absolute Gasteiger partial charge is 0.250 e. The van der Waals surface area contributed by atoms with Gasteiger partial charge in [-0.15, -0.1) is 11.8 Å². The van der Waals surface area contributed by atoms with E-state index in [1.54, 1.807) is 18.0 Å². The Kier molecular flexibility index (Phi) is 7.15. The summed E-state index contributed by atoms with van der Waals surface area (Å²) in [5.74, 6) is 1.05. The van der Waals surface area contributed by atoms with E-state index in [1.807, 2.05) is 48.5 Å². The van der Waals surface area contributed by atoms with E-state index in [4.69, 9.17) is 0 Å². The van der Waals surface area contributed by atoms with Gasteiger partial charge in [0.15, 0.2) is 0 Å². The highest BCUT2D eigenvalue weighted by Crippen LogP contribution is 2.21. The Balaban J connectivity index is 1.72. The normalized spacial score (nSPS) is 10.8. The number of benzene rings is 2. The summed E-state index contributed by atoms with van der Waals surface area (Å²) in [6, 6.07) is 15.7. The van der Waals surface area contributed by atoms with Crippen LogP contribution in [0.3, 0.4) is 0 Å². The van der Waals surface area contributed by atoms with E-state index in [-0.39, 0.29) is 5.91 Å². The molecule has 1 amide bonds. The maximum absolute atomic E-state index is 11.7. The molecule has 0 saturated heterocycles. The minimum Gasteiger partial charge on any atom is -0.272 e. The number of rotatable bonds is 6. The first-order chi connectivity index (χ1) is 10.6. The van der Waals surface area contributed by atoms with Crippen LogP contribution >= 0.6 is 43.6 Å². The number of nitrogens with zero attached hydrogens (tertiary/aromatic N) is 1. The van der Waals surface area contributed by atoms with Crippen molar-refractivity contribution in [2.75, 3.05) is 5.75 Å². The number of hydrogen-bond acceptors (Lipinski definition) is 3. The third kappa shape index (κ3) is 5.94. The second-order valence-electron chi connectivity index (χ2n) is 4.43. The minimum atomic E-state index is -0.106. The van der Waals surface area contributed by atoms with Gasteiger partial charge in [-0.05, 0) is 29.3 Å². The molecule has 1 N–H and O–H groups in total. The van der Waals surface area contributed by atoms with Gasteiger partial charge in [-0.1, -0.05) is 62.2 Å². The van der Waals surface area contributed by atoms with E-state index >= 15 is 0 Å². The first kappa shape index (κ1) is 17.2. The largest absolute Gasteiger partial charge is 0.272 e. The van der Waals surface area contributed by atoms with Crippen LogP contribution in [0.5, 0.6) is 0 Å². The van der Waals surface area contributed by atoms with E-state index in [0.29, 0.717) is 5.75 Å². The standard InChI is InChI=1S/C16H14Br2N2OS/c17-14-7-5-12(6-8-14)9-19-20-16(21)11-22-10-13-3-1-2-4-15(13)18/h1-9H,10-11H2,(H,20,21)/b19-9+. The van der Waals surface area contributed by atoms with Crippen molar-refractivity contribution in [1.29, 1.82) is 0 Å². The SMILES string of the molecule is O=C(CSCc1ccccc1Br)N/N=C/c1ccc(Br)cc1. The molecule has 2 aromatic rings. The van der Waals surface area contributed by atoms with Gasteiger partial charge in [-0.3, -0.25) is 4.79 Å². The average Bonchev–Trinajstić information content (AvgIpc) is 2.51. The maximum Gasteiger partial charge on any atom is 0.250 e. The maximum atomic E-state index is 11.7. The lowest BCUT2D eigenvalue weighted by Gasteiger charge is -2.03. The molecule has 0 aliphatic heterocycles. The highest BCUT2D eigenvalue weighted by molar-refractivity contribution is 9.10. The van der Waals surface area contributed by atoms with Crippen molar-refractivity contribution < 1.29 is 4.79 Å². The van der Waals surface area contributed by atoms with Crippen LogP contribution in [-0.2, 0) is 10.5 Å². The Morgan fingerprint density at radius 3 is 2.59 bits per heavy atom. The molecule has 0 spiro atoms. The second-order valence-corrected chi connectivity index (χ2v) is 7.18. The van der Waals surface area contributed by atoms with Crippen LogP contribution in [0.1, 0.15) is 11.1 Å². The van der Waals surface area contributed by atoms with E-state index in [9.17, 15) is 4.79 Å². The predicted octanol–water partition coefficient (Wildman–Crippen LogP) is 4.60. The number of carbonyl (C=O) groups is 1. The van der Waals surface area contributed by atoms with Crippen LogP contribution in [0.4, 0.5) is 0 Å². The fourth-order valence-corrected chi connectivity index (χ4v) is 3.33. The number of carbonyl (C=O) groups excluding carboxylic acids is 1. The summed E-state index contributed by atoms with van der Waals surface area (Å²) < 4.78 is 2.08. The van der Waals surface area contributed by atoms with Crippen LogP contribution in [-0.4, -0.2) is 17.9 Å². The predicted molar refractivity (Wildman–Crippen MR) is 100 cm³/mol. The van der Waals surface area contributed by atoms with Crippen LogP contribution in [0, 0.1) is 0 Å². The Bertz CT molecular complexity index is 659. The number of hydrazone groups is 1. The summed E-state index contributed by atoms with van der Waals surface area (Å²) in [5, 5.41) is 3.95. The van der Waals surface area contributed by atoms with Gasteiger partial charge in [0.25, 0.3) is 0 Å². The quantitative estimate of drug-likeness (QED) is 0.525. The third-order valence-corrected chi connectivity index (χ3v) is 5.01. The van der Waals surface area contributed by atoms with Gasteiger partial charge >= 0.3 is 0 Å². The monoisotopic (exact) mass is 440 g/mol. The Hall–Kier alpha value is -1.11. The lowest BCUT2D eigenvalue weighted by Crippen LogP contribution is -2.19. The van der Waals surface area contributed by atoms with Gasteiger partial charge in [-0.2, -0.15) is 5.10 Å². The molecule has 6 heteroatoms. The Morgan fingerprint density at radius 2 is 1.86 bits per heavy atom. The van der Waals surface area contributed by atoms with E-state index in [2.05, 4.69) is 42.4 Å². The Labute approximate surface area is 150 Å². The van der Waals surface area contributed by atoms with Gasteiger partial charge in [0.05, 0.1) is 12.0 Å². The molecule has 0 atom stereocenters. The molecule has 0 fully saturated rings. The van der Waals surface area contributed by atoms with Gasteiger partial charge in [0.2, 0.25) is 5.91 Å².